The summed E-state index contributed by atoms with van der Waals surface area (Å²) < 4.78 is 13.2. The predicted molar refractivity (Wildman–Crippen MR) is 126 cm³/mol. The Morgan fingerprint density at radius 2 is 1.76 bits per heavy atom. The molecule has 0 bridgehead atoms. The third-order valence-electron chi connectivity index (χ3n) is 6.06. The van der Waals surface area contributed by atoms with Crippen molar-refractivity contribution in [2.45, 2.75) is 58.0 Å². The molecule has 0 atom stereocenters. The van der Waals surface area contributed by atoms with E-state index in [0.717, 1.165) is 37.7 Å². The second-order valence-electron chi connectivity index (χ2n) is 8.55. The molecule has 2 amide bonds. The van der Waals surface area contributed by atoms with E-state index in [-0.39, 0.29) is 36.8 Å². The molecule has 9 heteroatoms. The number of tetrazole rings is 1. The minimum atomic E-state index is -0.359. The Balaban J connectivity index is 1.48. The van der Waals surface area contributed by atoms with E-state index >= 15 is 0 Å². The van der Waals surface area contributed by atoms with Gasteiger partial charge in [0.05, 0.1) is 0 Å². The van der Waals surface area contributed by atoms with E-state index in [0.29, 0.717) is 17.1 Å². The molecule has 1 aliphatic rings. The third kappa shape index (κ3) is 6.03. The third-order valence-corrected chi connectivity index (χ3v) is 6.06. The smallest absolute Gasteiger partial charge is 0.251 e. The first-order valence-electron chi connectivity index (χ1n) is 11.7. The summed E-state index contributed by atoms with van der Waals surface area (Å²) in [6.45, 7) is 1.80. The number of aryl methyl sites for hydroxylation is 1. The van der Waals surface area contributed by atoms with Crippen LogP contribution in [0.1, 0.15) is 44.6 Å². The summed E-state index contributed by atoms with van der Waals surface area (Å²) in [6, 6.07) is 13.5. The van der Waals surface area contributed by atoms with Gasteiger partial charge < -0.3 is 10.2 Å². The lowest BCUT2D eigenvalue weighted by molar-refractivity contribution is -0.124. The van der Waals surface area contributed by atoms with Gasteiger partial charge in [0.25, 0.3) is 5.91 Å². The highest BCUT2D eigenvalue weighted by Gasteiger charge is 2.23. The van der Waals surface area contributed by atoms with E-state index in [4.69, 9.17) is 0 Å². The maximum Gasteiger partial charge on any atom is 0.251 e. The standard InChI is InChI=1S/C25H29FN6O2/c1-2-18-8-14-22(15-9-18)31(16-23(33)27-21-6-4-3-5-7-21)24(34)17-32-29-25(28-30-32)19-10-12-20(26)13-11-19/h8-15,21H,2-7,16-17H2,1H3,(H,27,33). The number of anilines is 1. The average Bonchev–Trinajstić information content (AvgIpc) is 3.32. The number of halogens is 1. The zero-order chi connectivity index (χ0) is 23.9. The second-order valence-corrected chi connectivity index (χ2v) is 8.55. The molecule has 2 aromatic carbocycles. The van der Waals surface area contributed by atoms with Gasteiger partial charge >= 0.3 is 0 Å². The van der Waals surface area contributed by atoms with Crippen molar-refractivity contribution in [2.24, 2.45) is 0 Å². The molecule has 0 spiro atoms. The van der Waals surface area contributed by atoms with Gasteiger partial charge in [0.1, 0.15) is 18.9 Å². The summed E-state index contributed by atoms with van der Waals surface area (Å²) in [7, 11) is 0. The predicted octanol–water partition coefficient (Wildman–Crippen LogP) is 3.52. The van der Waals surface area contributed by atoms with Crippen LogP contribution in [0.5, 0.6) is 0 Å². The van der Waals surface area contributed by atoms with E-state index in [1.807, 2.05) is 24.3 Å². The van der Waals surface area contributed by atoms with Crippen molar-refractivity contribution in [3.63, 3.8) is 0 Å². The van der Waals surface area contributed by atoms with Gasteiger partial charge in [-0.05, 0) is 66.4 Å². The number of aromatic nitrogens is 4. The fraction of sp³-hybridized carbons (Fsp3) is 0.400. The number of amides is 2. The number of benzene rings is 2. The number of nitrogens with one attached hydrogen (secondary N) is 1. The topological polar surface area (TPSA) is 93.0 Å². The van der Waals surface area contributed by atoms with Crippen molar-refractivity contribution >= 4 is 17.5 Å². The zero-order valence-corrected chi connectivity index (χ0v) is 19.3. The lowest BCUT2D eigenvalue weighted by atomic mass is 9.95. The summed E-state index contributed by atoms with van der Waals surface area (Å²) in [4.78, 5) is 28.7. The summed E-state index contributed by atoms with van der Waals surface area (Å²) >= 11 is 0. The maximum atomic E-state index is 13.3. The van der Waals surface area contributed by atoms with E-state index in [9.17, 15) is 14.0 Å². The molecule has 1 aromatic heterocycles. The normalized spacial score (nSPS) is 14.1. The summed E-state index contributed by atoms with van der Waals surface area (Å²) in [5.74, 6) is -0.575. The first-order chi connectivity index (χ1) is 16.5. The number of carbonyl (C=O) groups excluding carboxylic acids is 2. The van der Waals surface area contributed by atoms with Crippen LogP contribution in [0.25, 0.3) is 11.4 Å². The Hall–Kier alpha value is -3.62. The second kappa shape index (κ2) is 11.0. The molecule has 1 heterocycles. The lowest BCUT2D eigenvalue weighted by Gasteiger charge is -2.26. The molecule has 0 saturated heterocycles. The van der Waals surface area contributed by atoms with Crippen molar-refractivity contribution < 1.29 is 14.0 Å². The molecular formula is C25H29FN6O2. The number of carbonyl (C=O) groups is 2. The summed E-state index contributed by atoms with van der Waals surface area (Å²) in [5, 5.41) is 15.3. The largest absolute Gasteiger partial charge is 0.352 e. The molecule has 1 fully saturated rings. The first kappa shape index (κ1) is 23.5. The van der Waals surface area contributed by atoms with Crippen LogP contribution < -0.4 is 10.2 Å². The monoisotopic (exact) mass is 464 g/mol. The van der Waals surface area contributed by atoms with Crippen LogP contribution in [0.4, 0.5) is 10.1 Å². The van der Waals surface area contributed by atoms with Crippen molar-refractivity contribution in [3.8, 4) is 11.4 Å². The van der Waals surface area contributed by atoms with Gasteiger partial charge in [-0.2, -0.15) is 4.80 Å². The Morgan fingerprint density at radius 1 is 1.06 bits per heavy atom. The maximum absolute atomic E-state index is 13.3. The van der Waals surface area contributed by atoms with Gasteiger partial charge in [-0.1, -0.05) is 38.3 Å². The minimum Gasteiger partial charge on any atom is -0.352 e. The Kier molecular flexibility index (Phi) is 7.61. The Morgan fingerprint density at radius 3 is 2.44 bits per heavy atom. The van der Waals surface area contributed by atoms with Crippen LogP contribution in [0.3, 0.4) is 0 Å². The lowest BCUT2D eigenvalue weighted by Crippen LogP contribution is -2.46. The van der Waals surface area contributed by atoms with Gasteiger partial charge in [0.2, 0.25) is 11.7 Å². The molecular weight excluding hydrogens is 435 g/mol. The molecule has 1 N–H and O–H groups in total. The molecule has 1 aliphatic carbocycles. The van der Waals surface area contributed by atoms with Crippen LogP contribution in [-0.4, -0.2) is 44.6 Å². The van der Waals surface area contributed by atoms with Gasteiger partial charge in [0, 0.05) is 17.3 Å². The van der Waals surface area contributed by atoms with Gasteiger partial charge in [-0.15, -0.1) is 10.2 Å². The van der Waals surface area contributed by atoms with E-state index in [2.05, 4.69) is 27.7 Å². The van der Waals surface area contributed by atoms with Gasteiger partial charge in [-0.3, -0.25) is 9.59 Å². The summed E-state index contributed by atoms with van der Waals surface area (Å²) in [5.41, 5.74) is 2.38. The van der Waals surface area contributed by atoms with Crippen molar-refractivity contribution in [1.29, 1.82) is 0 Å². The number of hydrogen-bond donors (Lipinski definition) is 1. The molecule has 3 aromatic rings. The molecule has 0 radical (unpaired) electrons. The van der Waals surface area contributed by atoms with Crippen molar-refractivity contribution in [3.05, 3.63) is 59.9 Å². The van der Waals surface area contributed by atoms with E-state index < -0.39 is 0 Å². The molecule has 0 unspecified atom stereocenters. The van der Waals surface area contributed by atoms with E-state index in [1.54, 1.807) is 12.1 Å². The minimum absolute atomic E-state index is 0.0830. The van der Waals surface area contributed by atoms with Crippen LogP contribution in [-0.2, 0) is 22.6 Å². The zero-order valence-electron chi connectivity index (χ0n) is 19.3. The highest BCUT2D eigenvalue weighted by molar-refractivity contribution is 5.98. The highest BCUT2D eigenvalue weighted by atomic mass is 19.1. The average molecular weight is 465 g/mol. The SMILES string of the molecule is CCc1ccc(N(CC(=O)NC2CCCCC2)C(=O)Cn2nnc(-c3ccc(F)cc3)n2)cc1. The van der Waals surface area contributed by atoms with Crippen molar-refractivity contribution in [1.82, 2.24) is 25.5 Å². The van der Waals surface area contributed by atoms with Crippen LogP contribution in [0.15, 0.2) is 48.5 Å². The van der Waals surface area contributed by atoms with Gasteiger partial charge in [-0.25, -0.2) is 4.39 Å². The van der Waals surface area contributed by atoms with Crippen LogP contribution in [0, 0.1) is 5.82 Å². The highest BCUT2D eigenvalue weighted by Crippen LogP contribution is 2.19. The molecule has 8 nitrogen and oxygen atoms in total. The fourth-order valence-electron chi connectivity index (χ4n) is 4.13. The molecule has 178 valence electrons. The Bertz CT molecular complexity index is 1110. The number of nitrogens with zero attached hydrogens (tertiary/aromatic N) is 5. The number of hydrogen-bond acceptors (Lipinski definition) is 5. The number of rotatable bonds is 8. The van der Waals surface area contributed by atoms with E-state index in [1.165, 1.54) is 28.2 Å². The molecule has 0 aliphatic heterocycles. The van der Waals surface area contributed by atoms with Crippen LogP contribution in [0.2, 0.25) is 0 Å². The van der Waals surface area contributed by atoms with Crippen molar-refractivity contribution in [2.75, 3.05) is 11.4 Å². The first-order valence-corrected chi connectivity index (χ1v) is 11.7. The Labute approximate surface area is 198 Å². The quantitative estimate of drug-likeness (QED) is 0.551. The van der Waals surface area contributed by atoms with Crippen LogP contribution >= 0.6 is 0 Å². The van der Waals surface area contributed by atoms with Gasteiger partial charge in [0.15, 0.2) is 0 Å². The molecule has 1 saturated carbocycles. The molecule has 4 rings (SSSR count). The summed E-state index contributed by atoms with van der Waals surface area (Å²) in [6.07, 6.45) is 6.25. The molecule has 34 heavy (non-hydrogen) atoms. The fourth-order valence-corrected chi connectivity index (χ4v) is 4.13.